The second-order valence-corrected chi connectivity index (χ2v) is 4.26. The number of amides is 2. The highest BCUT2D eigenvalue weighted by atomic mass is 16.5. The van der Waals surface area contributed by atoms with Gasteiger partial charge >= 0.3 is 0 Å². The van der Waals surface area contributed by atoms with Crippen LogP contribution in [-0.2, 0) is 4.79 Å². The Balaban J connectivity index is 2.29. The number of hydrogen-bond donors (Lipinski definition) is 1. The second kappa shape index (κ2) is 4.20. The van der Waals surface area contributed by atoms with E-state index in [0.717, 1.165) is 6.42 Å². The number of aryl methyl sites for hydroxylation is 2. The molecule has 1 aliphatic heterocycles. The molecular formula is C11H15N3O3. The second-order valence-electron chi connectivity index (χ2n) is 4.26. The number of rotatable bonds is 2. The van der Waals surface area contributed by atoms with Gasteiger partial charge in [0.15, 0.2) is 0 Å². The van der Waals surface area contributed by atoms with Crippen LogP contribution in [0.5, 0.6) is 0 Å². The molecule has 1 saturated heterocycles. The fraction of sp³-hybridized carbons (Fsp3) is 0.545. The molecule has 2 heterocycles. The zero-order chi connectivity index (χ0) is 12.6. The topological polar surface area (TPSA) is 89.4 Å². The van der Waals surface area contributed by atoms with Gasteiger partial charge in [0, 0.05) is 6.54 Å². The number of likely N-dealkylation sites (tertiary alicyclic amines) is 1. The van der Waals surface area contributed by atoms with Crippen LogP contribution < -0.4 is 5.73 Å². The molecule has 2 N–H and O–H groups in total. The first kappa shape index (κ1) is 11.6. The van der Waals surface area contributed by atoms with Crippen LogP contribution in [0.3, 0.4) is 0 Å². The molecule has 1 aliphatic rings. The van der Waals surface area contributed by atoms with Gasteiger partial charge in [-0.15, -0.1) is 0 Å². The number of carbonyl (C=O) groups is 2. The van der Waals surface area contributed by atoms with Crippen molar-refractivity contribution in [3.63, 3.8) is 0 Å². The lowest BCUT2D eigenvalue weighted by Gasteiger charge is -2.21. The van der Waals surface area contributed by atoms with Gasteiger partial charge in [0.05, 0.1) is 5.69 Å². The minimum atomic E-state index is -0.504. The van der Waals surface area contributed by atoms with E-state index in [2.05, 4.69) is 5.16 Å². The van der Waals surface area contributed by atoms with E-state index in [1.165, 1.54) is 4.90 Å². The van der Waals surface area contributed by atoms with Crippen LogP contribution in [-0.4, -0.2) is 34.5 Å². The average Bonchev–Trinajstić information content (AvgIpc) is 2.85. The summed E-state index contributed by atoms with van der Waals surface area (Å²) < 4.78 is 4.96. The van der Waals surface area contributed by atoms with E-state index in [1.54, 1.807) is 13.8 Å². The number of aromatic nitrogens is 1. The Labute approximate surface area is 98.7 Å². The number of nitrogens with two attached hydrogens (primary N) is 1. The fourth-order valence-corrected chi connectivity index (χ4v) is 2.24. The van der Waals surface area contributed by atoms with Crippen LogP contribution in [0.2, 0.25) is 0 Å². The molecule has 1 aromatic heterocycles. The van der Waals surface area contributed by atoms with Crippen molar-refractivity contribution in [1.29, 1.82) is 0 Å². The highest BCUT2D eigenvalue weighted by Gasteiger charge is 2.35. The Morgan fingerprint density at radius 3 is 2.71 bits per heavy atom. The summed E-state index contributed by atoms with van der Waals surface area (Å²) in [5, 5.41) is 3.74. The monoisotopic (exact) mass is 237 g/mol. The van der Waals surface area contributed by atoms with Crippen LogP contribution >= 0.6 is 0 Å². The van der Waals surface area contributed by atoms with Crippen molar-refractivity contribution in [3.05, 3.63) is 17.0 Å². The maximum absolute atomic E-state index is 12.3. The minimum absolute atomic E-state index is 0.220. The van der Waals surface area contributed by atoms with E-state index in [9.17, 15) is 9.59 Å². The minimum Gasteiger partial charge on any atom is -0.368 e. The summed E-state index contributed by atoms with van der Waals surface area (Å²) in [7, 11) is 0. The Bertz CT molecular complexity index is 447. The fourth-order valence-electron chi connectivity index (χ4n) is 2.24. The molecule has 6 heteroatoms. The van der Waals surface area contributed by atoms with E-state index >= 15 is 0 Å². The SMILES string of the molecule is Cc1noc(C)c1C(=O)N1CCCC1C(N)=O. The molecular weight excluding hydrogens is 222 g/mol. The van der Waals surface area contributed by atoms with E-state index in [1.807, 2.05) is 0 Å². The molecule has 1 unspecified atom stereocenters. The molecule has 0 bridgehead atoms. The molecule has 2 rings (SSSR count). The van der Waals surface area contributed by atoms with Gasteiger partial charge in [-0.05, 0) is 26.7 Å². The van der Waals surface area contributed by atoms with E-state index < -0.39 is 11.9 Å². The van der Waals surface area contributed by atoms with E-state index in [0.29, 0.717) is 30.0 Å². The van der Waals surface area contributed by atoms with Crippen molar-refractivity contribution < 1.29 is 14.1 Å². The molecule has 1 atom stereocenters. The van der Waals surface area contributed by atoms with Crippen LogP contribution in [0, 0.1) is 13.8 Å². The van der Waals surface area contributed by atoms with Crippen molar-refractivity contribution in [1.82, 2.24) is 10.1 Å². The summed E-state index contributed by atoms with van der Waals surface area (Å²) in [5.41, 5.74) is 6.27. The summed E-state index contributed by atoms with van der Waals surface area (Å²) in [6, 6.07) is -0.504. The van der Waals surface area contributed by atoms with Gasteiger partial charge in [-0.3, -0.25) is 9.59 Å². The summed E-state index contributed by atoms with van der Waals surface area (Å²) >= 11 is 0. The number of carbonyl (C=O) groups excluding carboxylic acids is 2. The molecule has 92 valence electrons. The Morgan fingerprint density at radius 1 is 1.47 bits per heavy atom. The Morgan fingerprint density at radius 2 is 2.18 bits per heavy atom. The maximum Gasteiger partial charge on any atom is 0.260 e. The zero-order valence-electron chi connectivity index (χ0n) is 9.90. The van der Waals surface area contributed by atoms with Crippen molar-refractivity contribution in [2.45, 2.75) is 32.7 Å². The van der Waals surface area contributed by atoms with Crippen molar-refractivity contribution >= 4 is 11.8 Å². The van der Waals surface area contributed by atoms with Gasteiger partial charge in [-0.25, -0.2) is 0 Å². The summed E-state index contributed by atoms with van der Waals surface area (Å²) in [6.45, 7) is 3.94. The van der Waals surface area contributed by atoms with Gasteiger partial charge in [0.25, 0.3) is 5.91 Å². The number of nitrogens with zero attached hydrogens (tertiary/aromatic N) is 2. The molecule has 1 aromatic rings. The predicted octanol–water partition coefficient (Wildman–Crippen LogP) is 0.381. The molecule has 1 fully saturated rings. The van der Waals surface area contributed by atoms with Crippen LogP contribution in [0.1, 0.15) is 34.7 Å². The van der Waals surface area contributed by atoms with Crippen LogP contribution in [0.25, 0.3) is 0 Å². The van der Waals surface area contributed by atoms with Crippen LogP contribution in [0.4, 0.5) is 0 Å². The molecule has 0 aliphatic carbocycles. The highest BCUT2D eigenvalue weighted by molar-refractivity contribution is 5.99. The van der Waals surface area contributed by atoms with Gasteiger partial charge in [-0.1, -0.05) is 5.16 Å². The lowest BCUT2D eigenvalue weighted by atomic mass is 10.1. The lowest BCUT2D eigenvalue weighted by molar-refractivity contribution is -0.121. The molecule has 0 aromatic carbocycles. The first-order valence-corrected chi connectivity index (χ1v) is 5.55. The summed E-state index contributed by atoms with van der Waals surface area (Å²) in [4.78, 5) is 25.0. The molecule has 0 radical (unpaired) electrons. The maximum atomic E-state index is 12.3. The molecule has 6 nitrogen and oxygen atoms in total. The number of hydrogen-bond acceptors (Lipinski definition) is 4. The zero-order valence-corrected chi connectivity index (χ0v) is 9.90. The average molecular weight is 237 g/mol. The third kappa shape index (κ3) is 1.90. The van der Waals surface area contributed by atoms with Gasteiger partial charge in [-0.2, -0.15) is 0 Å². The normalized spacial score (nSPS) is 19.6. The number of primary amides is 1. The Hall–Kier alpha value is -1.85. The van der Waals surface area contributed by atoms with Gasteiger partial charge in [0.1, 0.15) is 17.4 Å². The van der Waals surface area contributed by atoms with Gasteiger partial charge in [0.2, 0.25) is 5.91 Å². The van der Waals surface area contributed by atoms with Crippen molar-refractivity contribution in [3.8, 4) is 0 Å². The summed E-state index contributed by atoms with van der Waals surface area (Å²) in [5.74, 6) is -0.201. The first-order valence-electron chi connectivity index (χ1n) is 5.55. The summed E-state index contributed by atoms with van der Waals surface area (Å²) in [6.07, 6.45) is 1.42. The smallest absolute Gasteiger partial charge is 0.260 e. The Kier molecular flexibility index (Phi) is 2.87. The van der Waals surface area contributed by atoms with Crippen molar-refractivity contribution in [2.75, 3.05) is 6.54 Å². The molecule has 2 amide bonds. The van der Waals surface area contributed by atoms with Crippen molar-refractivity contribution in [2.24, 2.45) is 5.73 Å². The van der Waals surface area contributed by atoms with E-state index in [4.69, 9.17) is 10.3 Å². The predicted molar refractivity (Wildman–Crippen MR) is 59.2 cm³/mol. The molecule has 17 heavy (non-hydrogen) atoms. The van der Waals surface area contributed by atoms with Gasteiger partial charge < -0.3 is 15.2 Å². The quantitative estimate of drug-likeness (QED) is 0.805. The first-order chi connectivity index (χ1) is 8.02. The van der Waals surface area contributed by atoms with Crippen LogP contribution in [0.15, 0.2) is 4.52 Å². The molecule has 0 saturated carbocycles. The standard InChI is InChI=1S/C11H15N3O3/c1-6-9(7(2)17-13-6)11(16)14-5-3-4-8(14)10(12)15/h8H,3-5H2,1-2H3,(H2,12,15). The third-order valence-corrected chi connectivity index (χ3v) is 3.09. The molecule has 0 spiro atoms. The lowest BCUT2D eigenvalue weighted by Crippen LogP contribution is -2.43. The third-order valence-electron chi connectivity index (χ3n) is 3.09. The highest BCUT2D eigenvalue weighted by Crippen LogP contribution is 2.22. The van der Waals surface area contributed by atoms with E-state index in [-0.39, 0.29) is 5.91 Å². The largest absolute Gasteiger partial charge is 0.368 e.